The average molecular weight is 152 g/mol. The van der Waals surface area contributed by atoms with E-state index in [9.17, 15) is 0 Å². The van der Waals surface area contributed by atoms with Crippen LogP contribution in [0.5, 0.6) is 0 Å². The van der Waals surface area contributed by atoms with Crippen LogP contribution in [0.15, 0.2) is 21.7 Å². The molecule has 0 radical (unpaired) electrons. The summed E-state index contributed by atoms with van der Waals surface area (Å²) < 4.78 is 5.37. The standard InChI is InChI=1S/C8H12N2O/c1-3-7-4-5-8(11-7)6(2)10-9/h4-5H,3,9H2,1-2H3. The Kier molecular flexibility index (Phi) is 2.31. The molecule has 0 fully saturated rings. The summed E-state index contributed by atoms with van der Waals surface area (Å²) in [7, 11) is 0. The maximum atomic E-state index is 5.37. The summed E-state index contributed by atoms with van der Waals surface area (Å²) in [5.74, 6) is 6.80. The van der Waals surface area contributed by atoms with Gasteiger partial charge in [-0.1, -0.05) is 6.92 Å². The van der Waals surface area contributed by atoms with E-state index in [0.29, 0.717) is 0 Å². The zero-order chi connectivity index (χ0) is 8.27. The minimum Gasteiger partial charge on any atom is -0.460 e. The summed E-state index contributed by atoms with van der Waals surface area (Å²) in [6.45, 7) is 3.86. The van der Waals surface area contributed by atoms with E-state index < -0.39 is 0 Å². The highest BCUT2D eigenvalue weighted by molar-refractivity contribution is 5.95. The van der Waals surface area contributed by atoms with Gasteiger partial charge in [0, 0.05) is 6.42 Å². The lowest BCUT2D eigenvalue weighted by Crippen LogP contribution is -1.95. The molecule has 0 aromatic carbocycles. The number of nitrogens with zero attached hydrogens (tertiary/aromatic N) is 1. The number of hydrogen-bond donors (Lipinski definition) is 1. The molecule has 0 saturated carbocycles. The van der Waals surface area contributed by atoms with Crippen LogP contribution in [0.1, 0.15) is 25.4 Å². The number of hydrogen-bond acceptors (Lipinski definition) is 3. The first kappa shape index (κ1) is 7.85. The van der Waals surface area contributed by atoms with E-state index in [-0.39, 0.29) is 0 Å². The SMILES string of the molecule is CCc1ccc(C(C)=NN)o1. The van der Waals surface area contributed by atoms with Crippen molar-refractivity contribution in [1.82, 2.24) is 0 Å². The number of aryl methyl sites for hydroxylation is 1. The molecular formula is C8H12N2O. The van der Waals surface area contributed by atoms with Gasteiger partial charge in [-0.3, -0.25) is 0 Å². The third-order valence-corrected chi connectivity index (χ3v) is 1.56. The van der Waals surface area contributed by atoms with Crippen molar-refractivity contribution in [3.8, 4) is 0 Å². The smallest absolute Gasteiger partial charge is 0.149 e. The predicted molar refractivity (Wildman–Crippen MR) is 44.5 cm³/mol. The molecule has 0 aliphatic carbocycles. The second-order valence-electron chi connectivity index (χ2n) is 2.33. The first-order chi connectivity index (χ1) is 5.27. The maximum Gasteiger partial charge on any atom is 0.149 e. The molecule has 0 spiro atoms. The van der Waals surface area contributed by atoms with Crippen molar-refractivity contribution in [3.05, 3.63) is 23.7 Å². The Balaban J connectivity index is 2.89. The fraction of sp³-hybridized carbons (Fsp3) is 0.375. The lowest BCUT2D eigenvalue weighted by molar-refractivity contribution is 0.507. The third kappa shape index (κ3) is 1.61. The molecule has 0 atom stereocenters. The van der Waals surface area contributed by atoms with E-state index in [2.05, 4.69) is 5.10 Å². The van der Waals surface area contributed by atoms with Crippen LogP contribution in [0.25, 0.3) is 0 Å². The Hall–Kier alpha value is -1.25. The first-order valence-electron chi connectivity index (χ1n) is 3.61. The van der Waals surface area contributed by atoms with Crippen LogP contribution in [0.2, 0.25) is 0 Å². The highest BCUT2D eigenvalue weighted by Gasteiger charge is 2.01. The number of rotatable bonds is 2. The van der Waals surface area contributed by atoms with Crippen LogP contribution in [0.4, 0.5) is 0 Å². The van der Waals surface area contributed by atoms with Crippen molar-refractivity contribution in [2.24, 2.45) is 10.9 Å². The summed E-state index contributed by atoms with van der Waals surface area (Å²) in [6, 6.07) is 3.81. The van der Waals surface area contributed by atoms with Crippen molar-refractivity contribution in [1.29, 1.82) is 0 Å². The summed E-state index contributed by atoms with van der Waals surface area (Å²) >= 11 is 0. The van der Waals surface area contributed by atoms with Crippen molar-refractivity contribution in [2.45, 2.75) is 20.3 Å². The fourth-order valence-corrected chi connectivity index (χ4v) is 0.826. The number of furan rings is 1. The highest BCUT2D eigenvalue weighted by atomic mass is 16.3. The van der Waals surface area contributed by atoms with E-state index >= 15 is 0 Å². The lowest BCUT2D eigenvalue weighted by atomic mass is 10.3. The van der Waals surface area contributed by atoms with Gasteiger partial charge in [-0.05, 0) is 19.1 Å². The number of hydrazone groups is 1. The molecule has 1 aromatic heterocycles. The van der Waals surface area contributed by atoms with Crippen molar-refractivity contribution in [3.63, 3.8) is 0 Å². The summed E-state index contributed by atoms with van der Waals surface area (Å²) in [6.07, 6.45) is 0.901. The van der Waals surface area contributed by atoms with Crippen LogP contribution >= 0.6 is 0 Å². The van der Waals surface area contributed by atoms with Gasteiger partial charge in [-0.25, -0.2) is 0 Å². The average Bonchev–Trinajstić information content (AvgIpc) is 2.50. The predicted octanol–water partition coefficient (Wildman–Crippen LogP) is 1.52. The quantitative estimate of drug-likeness (QED) is 0.397. The first-order valence-corrected chi connectivity index (χ1v) is 3.61. The summed E-state index contributed by atoms with van der Waals surface area (Å²) in [4.78, 5) is 0. The van der Waals surface area contributed by atoms with Gasteiger partial charge in [-0.2, -0.15) is 5.10 Å². The summed E-state index contributed by atoms with van der Waals surface area (Å²) in [5, 5.41) is 3.53. The second-order valence-corrected chi connectivity index (χ2v) is 2.33. The number of nitrogens with two attached hydrogens (primary N) is 1. The van der Waals surface area contributed by atoms with Crippen molar-refractivity contribution in [2.75, 3.05) is 0 Å². The van der Waals surface area contributed by atoms with Crippen LogP contribution in [-0.4, -0.2) is 5.71 Å². The van der Waals surface area contributed by atoms with Crippen LogP contribution in [0, 0.1) is 0 Å². The van der Waals surface area contributed by atoms with E-state index in [1.54, 1.807) is 0 Å². The Labute approximate surface area is 65.9 Å². The van der Waals surface area contributed by atoms with E-state index in [0.717, 1.165) is 23.7 Å². The third-order valence-electron chi connectivity index (χ3n) is 1.56. The zero-order valence-electron chi connectivity index (χ0n) is 6.79. The molecule has 0 bridgehead atoms. The molecule has 2 N–H and O–H groups in total. The van der Waals surface area contributed by atoms with Crippen LogP contribution in [-0.2, 0) is 6.42 Å². The van der Waals surface area contributed by atoms with Crippen LogP contribution < -0.4 is 5.84 Å². The molecule has 3 heteroatoms. The monoisotopic (exact) mass is 152 g/mol. The zero-order valence-corrected chi connectivity index (χ0v) is 6.79. The van der Waals surface area contributed by atoms with E-state index in [4.69, 9.17) is 10.3 Å². The molecule has 60 valence electrons. The molecule has 0 saturated heterocycles. The minimum absolute atomic E-state index is 0.727. The lowest BCUT2D eigenvalue weighted by Gasteiger charge is -1.91. The molecule has 1 heterocycles. The Bertz CT molecular complexity index is 263. The second kappa shape index (κ2) is 3.23. The summed E-state index contributed by atoms with van der Waals surface area (Å²) in [5.41, 5.74) is 0.727. The molecule has 11 heavy (non-hydrogen) atoms. The van der Waals surface area contributed by atoms with Gasteiger partial charge < -0.3 is 10.3 Å². The van der Waals surface area contributed by atoms with E-state index in [1.807, 2.05) is 26.0 Å². The van der Waals surface area contributed by atoms with Gasteiger partial charge in [0.2, 0.25) is 0 Å². The van der Waals surface area contributed by atoms with Gasteiger partial charge in [0.1, 0.15) is 11.5 Å². The van der Waals surface area contributed by atoms with Gasteiger partial charge in [0.25, 0.3) is 0 Å². The van der Waals surface area contributed by atoms with Gasteiger partial charge in [0.05, 0.1) is 5.71 Å². The van der Waals surface area contributed by atoms with Crippen molar-refractivity contribution >= 4 is 5.71 Å². The Morgan fingerprint density at radius 2 is 2.36 bits per heavy atom. The molecule has 0 aliphatic heterocycles. The van der Waals surface area contributed by atoms with Gasteiger partial charge >= 0.3 is 0 Å². The van der Waals surface area contributed by atoms with Crippen molar-refractivity contribution < 1.29 is 4.42 Å². The highest BCUT2D eigenvalue weighted by Crippen LogP contribution is 2.08. The topological polar surface area (TPSA) is 51.5 Å². The molecule has 0 aliphatic rings. The molecular weight excluding hydrogens is 140 g/mol. The molecule has 0 amide bonds. The largest absolute Gasteiger partial charge is 0.460 e. The van der Waals surface area contributed by atoms with Gasteiger partial charge in [-0.15, -0.1) is 0 Å². The minimum atomic E-state index is 0.727. The normalized spacial score (nSPS) is 12.0. The molecule has 1 aromatic rings. The molecule has 3 nitrogen and oxygen atoms in total. The van der Waals surface area contributed by atoms with E-state index in [1.165, 1.54) is 0 Å². The maximum absolute atomic E-state index is 5.37. The Morgan fingerprint density at radius 1 is 1.64 bits per heavy atom. The fourth-order valence-electron chi connectivity index (χ4n) is 0.826. The van der Waals surface area contributed by atoms with Gasteiger partial charge in [0.15, 0.2) is 0 Å². The molecule has 1 rings (SSSR count). The van der Waals surface area contributed by atoms with Crippen LogP contribution in [0.3, 0.4) is 0 Å². The molecule has 0 unspecified atom stereocenters. The Morgan fingerprint density at radius 3 is 2.82 bits per heavy atom.